The van der Waals surface area contributed by atoms with Crippen LogP contribution in [-0.4, -0.2) is 42.4 Å². The fraction of sp³-hybridized carbons (Fsp3) is 0.500. The summed E-state index contributed by atoms with van der Waals surface area (Å²) in [5.74, 6) is -0.742. The minimum absolute atomic E-state index is 0. The van der Waals surface area contributed by atoms with Gasteiger partial charge in [0.2, 0.25) is 11.8 Å². The van der Waals surface area contributed by atoms with Gasteiger partial charge in [-0.3, -0.25) is 9.59 Å². The largest absolute Gasteiger partial charge is 0.350 e. The predicted molar refractivity (Wildman–Crippen MR) is 91.0 cm³/mol. The number of benzene rings is 1. The maximum absolute atomic E-state index is 12.4. The second-order valence-electron chi connectivity index (χ2n) is 6.19. The molecular formula is C16H26ClN3O2. The summed E-state index contributed by atoms with van der Waals surface area (Å²) in [6, 6.07) is 9.38. The first-order chi connectivity index (χ1) is 9.74. The van der Waals surface area contributed by atoms with Crippen LogP contribution in [0.3, 0.4) is 0 Å². The van der Waals surface area contributed by atoms with Crippen molar-refractivity contribution in [2.75, 3.05) is 20.1 Å². The number of carbonyl (C=O) groups is 2. The van der Waals surface area contributed by atoms with E-state index in [2.05, 4.69) is 5.32 Å². The van der Waals surface area contributed by atoms with Gasteiger partial charge in [-0.1, -0.05) is 30.3 Å². The van der Waals surface area contributed by atoms with Crippen molar-refractivity contribution in [1.82, 2.24) is 10.2 Å². The molecule has 1 unspecified atom stereocenters. The Morgan fingerprint density at radius 2 is 1.77 bits per heavy atom. The molecule has 0 heterocycles. The van der Waals surface area contributed by atoms with Gasteiger partial charge in [-0.05, 0) is 26.3 Å². The average molecular weight is 328 g/mol. The number of rotatable bonds is 5. The molecule has 0 aliphatic carbocycles. The summed E-state index contributed by atoms with van der Waals surface area (Å²) in [5, 5.41) is 2.84. The van der Waals surface area contributed by atoms with Gasteiger partial charge >= 0.3 is 0 Å². The molecule has 0 saturated heterocycles. The van der Waals surface area contributed by atoms with Crippen molar-refractivity contribution in [1.29, 1.82) is 0 Å². The number of halogens is 1. The first-order valence-corrected chi connectivity index (χ1v) is 7.05. The number of nitrogens with one attached hydrogen (secondary N) is 1. The topological polar surface area (TPSA) is 75.4 Å². The highest BCUT2D eigenvalue weighted by molar-refractivity contribution is 5.88. The minimum atomic E-state index is -0.418. The Bertz CT molecular complexity index is 486. The van der Waals surface area contributed by atoms with Crippen LogP contribution in [0.5, 0.6) is 0 Å². The summed E-state index contributed by atoms with van der Waals surface area (Å²) < 4.78 is 0. The van der Waals surface area contributed by atoms with Crippen molar-refractivity contribution in [3.05, 3.63) is 35.9 Å². The highest BCUT2D eigenvalue weighted by Gasteiger charge is 2.24. The Balaban J connectivity index is 0.00000441. The molecule has 0 saturated carbocycles. The average Bonchev–Trinajstić information content (AvgIpc) is 2.38. The quantitative estimate of drug-likeness (QED) is 0.861. The number of likely N-dealkylation sites (N-methyl/N-ethyl adjacent to an activating group) is 1. The molecule has 0 aromatic heterocycles. The molecule has 0 aliphatic rings. The molecule has 6 heteroatoms. The van der Waals surface area contributed by atoms with Gasteiger partial charge in [0.15, 0.2) is 0 Å². The van der Waals surface area contributed by atoms with Gasteiger partial charge in [0.25, 0.3) is 0 Å². The fourth-order valence-electron chi connectivity index (χ4n) is 2.08. The summed E-state index contributed by atoms with van der Waals surface area (Å²) >= 11 is 0. The van der Waals surface area contributed by atoms with Crippen LogP contribution >= 0.6 is 12.4 Å². The molecule has 5 nitrogen and oxygen atoms in total. The van der Waals surface area contributed by atoms with E-state index in [9.17, 15) is 9.59 Å². The summed E-state index contributed by atoms with van der Waals surface area (Å²) in [5.41, 5.74) is 6.28. The molecule has 1 aromatic carbocycles. The van der Waals surface area contributed by atoms with Crippen molar-refractivity contribution in [2.24, 2.45) is 5.73 Å². The van der Waals surface area contributed by atoms with Gasteiger partial charge in [-0.2, -0.15) is 0 Å². The first kappa shape index (κ1) is 20.4. The van der Waals surface area contributed by atoms with Gasteiger partial charge in [0, 0.05) is 19.1 Å². The second-order valence-corrected chi connectivity index (χ2v) is 6.19. The summed E-state index contributed by atoms with van der Waals surface area (Å²) in [7, 11) is 1.62. The lowest BCUT2D eigenvalue weighted by molar-refractivity contribution is -0.136. The van der Waals surface area contributed by atoms with Crippen LogP contribution in [0, 0.1) is 0 Å². The van der Waals surface area contributed by atoms with Crippen LogP contribution < -0.4 is 11.1 Å². The van der Waals surface area contributed by atoms with Crippen LogP contribution in [0.15, 0.2) is 30.3 Å². The van der Waals surface area contributed by atoms with Gasteiger partial charge in [0.05, 0.1) is 12.5 Å². The first-order valence-electron chi connectivity index (χ1n) is 7.05. The number of carbonyl (C=O) groups excluding carboxylic acids is 2. The lowest BCUT2D eigenvalue weighted by Crippen LogP contribution is -2.47. The maximum atomic E-state index is 12.4. The van der Waals surface area contributed by atoms with E-state index < -0.39 is 5.92 Å². The third-order valence-corrected chi connectivity index (χ3v) is 3.01. The van der Waals surface area contributed by atoms with E-state index in [0.717, 1.165) is 5.56 Å². The van der Waals surface area contributed by atoms with E-state index in [0.29, 0.717) is 0 Å². The number of amides is 2. The van der Waals surface area contributed by atoms with Crippen LogP contribution in [0.2, 0.25) is 0 Å². The molecule has 1 atom stereocenters. The molecule has 0 radical (unpaired) electrons. The van der Waals surface area contributed by atoms with Crippen molar-refractivity contribution >= 4 is 24.2 Å². The predicted octanol–water partition coefficient (Wildman–Crippen LogP) is 1.52. The molecule has 1 rings (SSSR count). The maximum Gasteiger partial charge on any atom is 0.240 e. The third kappa shape index (κ3) is 6.45. The lowest BCUT2D eigenvalue weighted by Gasteiger charge is -2.25. The molecule has 124 valence electrons. The molecule has 0 aliphatic heterocycles. The number of nitrogens with zero attached hydrogens (tertiary/aromatic N) is 1. The molecule has 1 aromatic rings. The molecule has 0 spiro atoms. The molecule has 0 fully saturated rings. The molecule has 0 bridgehead atoms. The Kier molecular flexibility index (Phi) is 8.12. The van der Waals surface area contributed by atoms with Crippen molar-refractivity contribution < 1.29 is 9.59 Å². The van der Waals surface area contributed by atoms with E-state index in [1.165, 1.54) is 4.90 Å². The van der Waals surface area contributed by atoms with E-state index >= 15 is 0 Å². The summed E-state index contributed by atoms with van der Waals surface area (Å²) in [4.78, 5) is 25.7. The lowest BCUT2D eigenvalue weighted by atomic mass is 9.98. The van der Waals surface area contributed by atoms with Crippen LogP contribution in [0.1, 0.15) is 32.3 Å². The van der Waals surface area contributed by atoms with Crippen molar-refractivity contribution in [2.45, 2.75) is 32.2 Å². The van der Waals surface area contributed by atoms with Crippen LogP contribution in [0.4, 0.5) is 0 Å². The Hall–Kier alpha value is -1.59. The molecule has 3 N–H and O–H groups in total. The molecule has 22 heavy (non-hydrogen) atoms. The Labute approximate surface area is 138 Å². The van der Waals surface area contributed by atoms with E-state index in [1.807, 2.05) is 51.1 Å². The fourth-order valence-corrected chi connectivity index (χ4v) is 2.08. The van der Waals surface area contributed by atoms with Crippen molar-refractivity contribution in [3.63, 3.8) is 0 Å². The molecule has 2 amide bonds. The standard InChI is InChI=1S/C16H25N3O2.ClH/c1-16(2,3)18-14(20)11-19(4)15(21)13(10-17)12-8-6-5-7-9-12;/h5-9,13H,10-11,17H2,1-4H3,(H,18,20);1H. The number of hydrogen-bond donors (Lipinski definition) is 2. The second kappa shape index (κ2) is 8.76. The van der Waals surface area contributed by atoms with E-state index in [1.54, 1.807) is 7.05 Å². The summed E-state index contributed by atoms with van der Waals surface area (Å²) in [6.45, 7) is 5.95. The van der Waals surface area contributed by atoms with Gasteiger partial charge in [-0.15, -0.1) is 12.4 Å². The third-order valence-electron chi connectivity index (χ3n) is 3.01. The Morgan fingerprint density at radius 1 is 1.23 bits per heavy atom. The van der Waals surface area contributed by atoms with Gasteiger partial charge < -0.3 is 16.0 Å². The van der Waals surface area contributed by atoms with Gasteiger partial charge in [0.1, 0.15) is 0 Å². The van der Waals surface area contributed by atoms with Crippen LogP contribution in [0.25, 0.3) is 0 Å². The van der Waals surface area contributed by atoms with E-state index in [-0.39, 0.29) is 42.8 Å². The van der Waals surface area contributed by atoms with E-state index in [4.69, 9.17) is 5.73 Å². The van der Waals surface area contributed by atoms with Crippen molar-refractivity contribution in [3.8, 4) is 0 Å². The normalized spacial score (nSPS) is 12.0. The zero-order valence-electron chi connectivity index (χ0n) is 13.6. The number of nitrogens with two attached hydrogens (primary N) is 1. The Morgan fingerprint density at radius 3 is 2.23 bits per heavy atom. The minimum Gasteiger partial charge on any atom is -0.350 e. The highest BCUT2D eigenvalue weighted by Crippen LogP contribution is 2.16. The SMILES string of the molecule is CN(CC(=O)NC(C)(C)C)C(=O)C(CN)c1ccccc1.Cl. The van der Waals surface area contributed by atoms with Crippen LogP contribution in [-0.2, 0) is 9.59 Å². The molecular weight excluding hydrogens is 302 g/mol. The zero-order valence-corrected chi connectivity index (χ0v) is 14.4. The zero-order chi connectivity index (χ0) is 16.0. The highest BCUT2D eigenvalue weighted by atomic mass is 35.5. The smallest absolute Gasteiger partial charge is 0.240 e. The monoisotopic (exact) mass is 327 g/mol. The number of hydrogen-bond acceptors (Lipinski definition) is 3. The summed E-state index contributed by atoms with van der Waals surface area (Å²) in [6.07, 6.45) is 0. The van der Waals surface area contributed by atoms with Gasteiger partial charge in [-0.25, -0.2) is 0 Å².